The van der Waals surface area contributed by atoms with Crippen molar-refractivity contribution in [2.24, 2.45) is 0 Å². The van der Waals surface area contributed by atoms with Crippen LogP contribution in [0, 0.1) is 9.94 Å². The van der Waals surface area contributed by atoms with E-state index >= 15 is 0 Å². The number of hydrogen-bond donors (Lipinski definition) is 1. The van der Waals surface area contributed by atoms with E-state index in [0.717, 1.165) is 7.89 Å². The molecular weight excluding hydrogens is 265 g/mol. The number of carboxylic acid groups (broad SMARTS) is 1. The van der Waals surface area contributed by atoms with Gasteiger partial charge < -0.3 is 5.11 Å². The van der Waals surface area contributed by atoms with Gasteiger partial charge in [-0.05, 0) is 29.5 Å². The molecule has 1 N–H and O–H groups in total. The maximum Gasteiger partial charge on any atom is 0.355 e. The zero-order chi connectivity index (χ0) is 7.72. The summed E-state index contributed by atoms with van der Waals surface area (Å²) >= 11 is 3.40. The van der Waals surface area contributed by atoms with E-state index in [1.807, 2.05) is 22.6 Å². The van der Waals surface area contributed by atoms with Gasteiger partial charge in [-0.15, -0.1) is 11.3 Å². The van der Waals surface area contributed by atoms with E-state index in [9.17, 15) is 4.79 Å². The van der Waals surface area contributed by atoms with Crippen molar-refractivity contribution in [3.05, 3.63) is 13.6 Å². The SMILES string of the molecule is Cc1sc(I)nc1C(=O)O. The number of nitrogens with zero attached hydrogens (tertiary/aromatic N) is 1. The Bertz CT molecular complexity index is 271. The molecule has 10 heavy (non-hydrogen) atoms. The second-order valence-corrected chi connectivity index (χ2v) is 4.63. The molecule has 0 aliphatic heterocycles. The molecule has 0 fully saturated rings. The number of thiazole rings is 1. The highest BCUT2D eigenvalue weighted by Gasteiger charge is 2.11. The van der Waals surface area contributed by atoms with Crippen LogP contribution in [0.3, 0.4) is 0 Å². The Kier molecular flexibility index (Phi) is 2.24. The van der Waals surface area contributed by atoms with Crippen LogP contribution in [0.1, 0.15) is 15.4 Å². The summed E-state index contributed by atoms with van der Waals surface area (Å²) in [6.45, 7) is 1.75. The Morgan fingerprint density at radius 2 is 2.40 bits per heavy atom. The molecule has 0 atom stereocenters. The number of carboxylic acids is 1. The molecule has 0 bridgehead atoms. The number of carbonyl (C=O) groups is 1. The zero-order valence-electron chi connectivity index (χ0n) is 5.09. The number of aromatic carboxylic acids is 1. The van der Waals surface area contributed by atoms with Crippen LogP contribution < -0.4 is 0 Å². The standard InChI is InChI=1S/C5H4INO2S/c1-2-3(4(8)9)7-5(6)10-2/h1H3,(H,8,9). The molecule has 0 aromatic carbocycles. The first kappa shape index (κ1) is 7.93. The zero-order valence-corrected chi connectivity index (χ0v) is 8.06. The summed E-state index contributed by atoms with van der Waals surface area (Å²) in [7, 11) is 0. The molecule has 0 aliphatic carbocycles. The molecule has 1 rings (SSSR count). The summed E-state index contributed by atoms with van der Waals surface area (Å²) in [4.78, 5) is 15.0. The molecule has 5 heteroatoms. The van der Waals surface area contributed by atoms with Crippen molar-refractivity contribution in [3.63, 3.8) is 0 Å². The lowest BCUT2D eigenvalue weighted by atomic mass is 10.4. The maximum atomic E-state index is 10.4. The molecule has 0 aliphatic rings. The summed E-state index contributed by atoms with van der Waals surface area (Å²) < 4.78 is 0.771. The van der Waals surface area contributed by atoms with Crippen LogP contribution in [0.25, 0.3) is 0 Å². The van der Waals surface area contributed by atoms with Crippen molar-refractivity contribution < 1.29 is 9.90 Å². The molecule has 0 amide bonds. The molecule has 0 saturated carbocycles. The molecule has 54 valence electrons. The first-order valence-electron chi connectivity index (χ1n) is 2.47. The second-order valence-electron chi connectivity index (χ2n) is 1.68. The fourth-order valence-corrected chi connectivity index (χ4v) is 2.41. The molecule has 0 radical (unpaired) electrons. The summed E-state index contributed by atoms with van der Waals surface area (Å²) in [6.07, 6.45) is 0. The fourth-order valence-electron chi connectivity index (χ4n) is 0.563. The van der Waals surface area contributed by atoms with Crippen LogP contribution >= 0.6 is 33.9 Å². The number of aromatic nitrogens is 1. The van der Waals surface area contributed by atoms with E-state index in [1.54, 1.807) is 6.92 Å². The largest absolute Gasteiger partial charge is 0.476 e. The van der Waals surface area contributed by atoms with Crippen molar-refractivity contribution >= 4 is 39.9 Å². The normalized spacial score (nSPS) is 9.80. The van der Waals surface area contributed by atoms with Crippen LogP contribution in [0.4, 0.5) is 0 Å². The van der Waals surface area contributed by atoms with Gasteiger partial charge in [0, 0.05) is 4.88 Å². The maximum absolute atomic E-state index is 10.4. The van der Waals surface area contributed by atoms with Crippen LogP contribution in [0.15, 0.2) is 0 Å². The Labute approximate surface area is 75.2 Å². The van der Waals surface area contributed by atoms with E-state index in [4.69, 9.17) is 5.11 Å². The third-order valence-electron chi connectivity index (χ3n) is 0.973. The predicted octanol–water partition coefficient (Wildman–Crippen LogP) is 1.75. The van der Waals surface area contributed by atoms with E-state index in [-0.39, 0.29) is 5.69 Å². The summed E-state index contributed by atoms with van der Waals surface area (Å²) in [6, 6.07) is 0. The molecule has 0 saturated heterocycles. The number of hydrogen-bond acceptors (Lipinski definition) is 3. The van der Waals surface area contributed by atoms with E-state index in [1.165, 1.54) is 11.3 Å². The van der Waals surface area contributed by atoms with Crippen molar-refractivity contribution in [2.75, 3.05) is 0 Å². The molecule has 0 spiro atoms. The molecule has 1 aromatic rings. The highest BCUT2D eigenvalue weighted by Crippen LogP contribution is 2.18. The number of aryl methyl sites for hydroxylation is 1. The Morgan fingerprint density at radius 1 is 1.80 bits per heavy atom. The van der Waals surface area contributed by atoms with Gasteiger partial charge in [0.1, 0.15) is 0 Å². The minimum atomic E-state index is -0.948. The molecule has 1 heterocycles. The van der Waals surface area contributed by atoms with Crippen LogP contribution in [0.5, 0.6) is 0 Å². The fraction of sp³-hybridized carbons (Fsp3) is 0.200. The average Bonchev–Trinajstić information content (AvgIpc) is 2.10. The van der Waals surface area contributed by atoms with Crippen LogP contribution in [-0.2, 0) is 0 Å². The third kappa shape index (κ3) is 1.46. The Hall–Kier alpha value is -0.170. The predicted molar refractivity (Wildman–Crippen MR) is 46.5 cm³/mol. The minimum Gasteiger partial charge on any atom is -0.476 e. The van der Waals surface area contributed by atoms with E-state index < -0.39 is 5.97 Å². The molecule has 1 aromatic heterocycles. The summed E-state index contributed by atoms with van der Waals surface area (Å²) in [5, 5.41) is 8.52. The van der Waals surface area contributed by atoms with Crippen molar-refractivity contribution in [1.82, 2.24) is 4.98 Å². The summed E-state index contributed by atoms with van der Waals surface area (Å²) in [5.74, 6) is -0.948. The molecular formula is C5H4INO2S. The second kappa shape index (κ2) is 2.83. The number of rotatable bonds is 1. The van der Waals surface area contributed by atoms with Gasteiger partial charge in [-0.3, -0.25) is 0 Å². The monoisotopic (exact) mass is 269 g/mol. The molecule has 3 nitrogen and oxygen atoms in total. The topological polar surface area (TPSA) is 50.2 Å². The van der Waals surface area contributed by atoms with Gasteiger partial charge in [-0.2, -0.15) is 0 Å². The number of halogens is 1. The van der Waals surface area contributed by atoms with Gasteiger partial charge in [0.25, 0.3) is 0 Å². The van der Waals surface area contributed by atoms with Gasteiger partial charge in [0.05, 0.1) is 0 Å². The smallest absolute Gasteiger partial charge is 0.355 e. The lowest BCUT2D eigenvalue weighted by molar-refractivity contribution is 0.0690. The van der Waals surface area contributed by atoms with Gasteiger partial charge in [0.15, 0.2) is 8.71 Å². The van der Waals surface area contributed by atoms with Crippen molar-refractivity contribution in [2.45, 2.75) is 6.92 Å². The minimum absolute atomic E-state index is 0.175. The Morgan fingerprint density at radius 3 is 2.60 bits per heavy atom. The van der Waals surface area contributed by atoms with Gasteiger partial charge in [-0.1, -0.05) is 0 Å². The van der Waals surface area contributed by atoms with Crippen molar-refractivity contribution in [3.8, 4) is 0 Å². The highest BCUT2D eigenvalue weighted by molar-refractivity contribution is 14.1. The Balaban J connectivity index is 3.15. The van der Waals surface area contributed by atoms with E-state index in [0.29, 0.717) is 0 Å². The molecule has 0 unspecified atom stereocenters. The van der Waals surface area contributed by atoms with Crippen molar-refractivity contribution in [1.29, 1.82) is 0 Å². The van der Waals surface area contributed by atoms with Gasteiger partial charge >= 0.3 is 5.97 Å². The third-order valence-corrected chi connectivity index (χ3v) is 2.63. The average molecular weight is 269 g/mol. The first-order valence-corrected chi connectivity index (χ1v) is 4.37. The lowest BCUT2D eigenvalue weighted by Gasteiger charge is -1.84. The van der Waals surface area contributed by atoms with Crippen LogP contribution in [-0.4, -0.2) is 16.1 Å². The first-order chi connectivity index (χ1) is 4.61. The van der Waals surface area contributed by atoms with E-state index in [2.05, 4.69) is 4.98 Å². The van der Waals surface area contributed by atoms with Gasteiger partial charge in [0.2, 0.25) is 0 Å². The summed E-state index contributed by atoms with van der Waals surface area (Å²) in [5.41, 5.74) is 0.175. The van der Waals surface area contributed by atoms with Crippen LogP contribution in [0.2, 0.25) is 0 Å². The highest BCUT2D eigenvalue weighted by atomic mass is 127. The quantitative estimate of drug-likeness (QED) is 0.790. The van der Waals surface area contributed by atoms with Gasteiger partial charge in [-0.25, -0.2) is 9.78 Å². The lowest BCUT2D eigenvalue weighted by Crippen LogP contribution is -1.98.